The molecule has 4 nitrogen and oxygen atoms in total. The van der Waals surface area contributed by atoms with Crippen LogP contribution in [0.4, 0.5) is 0 Å². The number of carbonyl (C=O) groups is 2. The summed E-state index contributed by atoms with van der Waals surface area (Å²) in [5, 5.41) is 10.9. The van der Waals surface area contributed by atoms with Crippen LogP contribution < -0.4 is 0 Å². The molecule has 1 aliphatic rings. The van der Waals surface area contributed by atoms with Gasteiger partial charge in [-0.1, -0.05) is 0 Å². The monoisotopic (exact) mass is 329 g/mol. The first-order valence-electron chi connectivity index (χ1n) is 5.53. The molecule has 1 aromatic rings. The highest BCUT2D eigenvalue weighted by molar-refractivity contribution is 9.10. The molecule has 96 valence electrons. The summed E-state index contributed by atoms with van der Waals surface area (Å²) in [6.45, 7) is 0.522. The highest BCUT2D eigenvalue weighted by Gasteiger charge is 2.32. The standard InChI is InChI=1S/C12H12BrNO3S/c13-8-6-9(18-7-8)3-4-11(15)14-5-1-2-10(14)12(16)17/h3-4,6-7,10H,1-2,5H2,(H,16,17)/b4-3+/t10-/m1/s1. The van der Waals surface area contributed by atoms with E-state index in [0.29, 0.717) is 13.0 Å². The van der Waals surface area contributed by atoms with E-state index in [9.17, 15) is 9.59 Å². The van der Waals surface area contributed by atoms with Gasteiger partial charge in [-0.2, -0.15) is 0 Å². The van der Waals surface area contributed by atoms with E-state index < -0.39 is 12.0 Å². The maximum absolute atomic E-state index is 11.9. The number of amides is 1. The minimum absolute atomic E-state index is 0.232. The van der Waals surface area contributed by atoms with Gasteiger partial charge in [0, 0.05) is 27.4 Å². The SMILES string of the molecule is O=C(O)[C@H]1CCCN1C(=O)/C=C/c1cc(Br)cs1. The van der Waals surface area contributed by atoms with E-state index in [2.05, 4.69) is 15.9 Å². The van der Waals surface area contributed by atoms with Gasteiger partial charge in [0.25, 0.3) is 0 Å². The summed E-state index contributed by atoms with van der Waals surface area (Å²) in [4.78, 5) is 25.3. The number of carboxylic acid groups (broad SMARTS) is 1. The Morgan fingerprint density at radius 1 is 1.56 bits per heavy atom. The Bertz CT molecular complexity index is 497. The fraction of sp³-hybridized carbons (Fsp3) is 0.333. The number of rotatable bonds is 3. The number of likely N-dealkylation sites (tertiary alicyclic amines) is 1. The smallest absolute Gasteiger partial charge is 0.326 e. The van der Waals surface area contributed by atoms with Crippen LogP contribution in [-0.4, -0.2) is 34.5 Å². The third-order valence-corrected chi connectivity index (χ3v) is 4.46. The fourth-order valence-electron chi connectivity index (χ4n) is 1.95. The summed E-state index contributed by atoms with van der Waals surface area (Å²) in [5.41, 5.74) is 0. The summed E-state index contributed by atoms with van der Waals surface area (Å²) in [5.74, 6) is -1.16. The molecule has 0 saturated carbocycles. The van der Waals surface area contributed by atoms with E-state index in [1.165, 1.54) is 22.3 Å². The third kappa shape index (κ3) is 3.00. The van der Waals surface area contributed by atoms with Gasteiger partial charge in [0.05, 0.1) is 0 Å². The molecule has 6 heteroatoms. The van der Waals surface area contributed by atoms with Crippen LogP contribution in [-0.2, 0) is 9.59 Å². The van der Waals surface area contributed by atoms with Crippen LogP contribution in [0.3, 0.4) is 0 Å². The molecule has 2 heterocycles. The lowest BCUT2D eigenvalue weighted by atomic mass is 10.2. The molecule has 1 fully saturated rings. The summed E-state index contributed by atoms with van der Waals surface area (Å²) < 4.78 is 0.976. The van der Waals surface area contributed by atoms with Crippen molar-refractivity contribution < 1.29 is 14.7 Å². The molecule has 2 rings (SSSR count). The zero-order valence-electron chi connectivity index (χ0n) is 9.51. The highest BCUT2D eigenvalue weighted by Crippen LogP contribution is 2.22. The van der Waals surface area contributed by atoms with Gasteiger partial charge in [-0.3, -0.25) is 4.79 Å². The van der Waals surface area contributed by atoms with Crippen LogP contribution >= 0.6 is 27.3 Å². The van der Waals surface area contributed by atoms with Crippen molar-refractivity contribution in [2.24, 2.45) is 0 Å². The molecule has 0 bridgehead atoms. The van der Waals surface area contributed by atoms with Gasteiger partial charge >= 0.3 is 5.97 Å². The molecule has 1 saturated heterocycles. The average molecular weight is 330 g/mol. The molecule has 1 aliphatic heterocycles. The maximum atomic E-state index is 11.9. The molecule has 0 aromatic carbocycles. The first kappa shape index (κ1) is 13.3. The minimum atomic E-state index is -0.923. The van der Waals surface area contributed by atoms with Crippen molar-refractivity contribution in [2.45, 2.75) is 18.9 Å². The number of aliphatic carboxylic acids is 1. The molecule has 1 atom stereocenters. The van der Waals surface area contributed by atoms with Crippen LogP contribution in [0.15, 0.2) is 22.0 Å². The molecule has 0 unspecified atom stereocenters. The third-order valence-electron chi connectivity index (χ3n) is 2.80. The summed E-state index contributed by atoms with van der Waals surface area (Å²) in [6, 6.07) is 1.24. The van der Waals surface area contributed by atoms with E-state index in [-0.39, 0.29) is 5.91 Å². The average Bonchev–Trinajstić information content (AvgIpc) is 2.94. The molecule has 18 heavy (non-hydrogen) atoms. The van der Waals surface area contributed by atoms with Gasteiger partial charge in [-0.05, 0) is 40.9 Å². The topological polar surface area (TPSA) is 57.6 Å². The second-order valence-electron chi connectivity index (χ2n) is 4.03. The summed E-state index contributed by atoms with van der Waals surface area (Å²) in [7, 11) is 0. The fourth-order valence-corrected chi connectivity index (χ4v) is 3.29. The predicted molar refractivity (Wildman–Crippen MR) is 73.4 cm³/mol. The highest BCUT2D eigenvalue weighted by atomic mass is 79.9. The number of carbonyl (C=O) groups excluding carboxylic acids is 1. The molecule has 0 aliphatic carbocycles. The van der Waals surface area contributed by atoms with Gasteiger partial charge in [-0.15, -0.1) is 11.3 Å². The van der Waals surface area contributed by atoms with Crippen molar-refractivity contribution in [2.75, 3.05) is 6.54 Å². The van der Waals surface area contributed by atoms with E-state index >= 15 is 0 Å². The van der Waals surface area contributed by atoms with Crippen molar-refractivity contribution in [1.29, 1.82) is 0 Å². The lowest BCUT2D eigenvalue weighted by Crippen LogP contribution is -2.39. The van der Waals surface area contributed by atoms with Gasteiger partial charge in [0.15, 0.2) is 0 Å². The number of halogens is 1. The molecule has 0 spiro atoms. The summed E-state index contributed by atoms with van der Waals surface area (Å²) >= 11 is 4.86. The number of carboxylic acids is 1. The lowest BCUT2D eigenvalue weighted by Gasteiger charge is -2.19. The van der Waals surface area contributed by atoms with Crippen molar-refractivity contribution >= 4 is 45.2 Å². The number of hydrogen-bond acceptors (Lipinski definition) is 3. The molecular weight excluding hydrogens is 318 g/mol. The molecule has 1 aromatic heterocycles. The zero-order chi connectivity index (χ0) is 13.1. The molecule has 1 amide bonds. The van der Waals surface area contributed by atoms with Gasteiger partial charge in [-0.25, -0.2) is 4.79 Å². The molecular formula is C12H12BrNO3S. The zero-order valence-corrected chi connectivity index (χ0v) is 11.9. The Hall–Kier alpha value is -1.14. The molecule has 1 N–H and O–H groups in total. The minimum Gasteiger partial charge on any atom is -0.480 e. The molecule has 0 radical (unpaired) electrons. The second-order valence-corrected chi connectivity index (χ2v) is 5.89. The van der Waals surface area contributed by atoms with Crippen molar-refractivity contribution in [1.82, 2.24) is 4.90 Å². The van der Waals surface area contributed by atoms with Crippen LogP contribution in [0.1, 0.15) is 17.7 Å². The van der Waals surface area contributed by atoms with Crippen molar-refractivity contribution in [3.05, 3.63) is 26.9 Å². The van der Waals surface area contributed by atoms with Crippen LogP contribution in [0.5, 0.6) is 0 Å². The first-order valence-corrected chi connectivity index (χ1v) is 7.20. The van der Waals surface area contributed by atoms with Crippen LogP contribution in [0.2, 0.25) is 0 Å². The van der Waals surface area contributed by atoms with Gasteiger partial charge in [0.1, 0.15) is 6.04 Å². The Kier molecular flexibility index (Phi) is 4.19. The van der Waals surface area contributed by atoms with E-state index in [0.717, 1.165) is 15.8 Å². The number of hydrogen-bond donors (Lipinski definition) is 1. The van der Waals surface area contributed by atoms with Gasteiger partial charge in [0.2, 0.25) is 5.91 Å². The van der Waals surface area contributed by atoms with Crippen molar-refractivity contribution in [3.8, 4) is 0 Å². The van der Waals surface area contributed by atoms with Crippen LogP contribution in [0, 0.1) is 0 Å². The van der Waals surface area contributed by atoms with Gasteiger partial charge < -0.3 is 10.0 Å². The quantitative estimate of drug-likeness (QED) is 0.867. The number of nitrogens with zero attached hydrogens (tertiary/aromatic N) is 1. The van der Waals surface area contributed by atoms with Crippen molar-refractivity contribution in [3.63, 3.8) is 0 Å². The predicted octanol–water partition coefficient (Wildman–Crippen LogP) is 2.60. The number of thiophene rings is 1. The normalized spacial score (nSPS) is 19.6. The van der Waals surface area contributed by atoms with E-state index in [1.807, 2.05) is 11.4 Å². The Balaban J connectivity index is 2.03. The Morgan fingerprint density at radius 3 is 2.94 bits per heavy atom. The van der Waals surface area contributed by atoms with E-state index in [4.69, 9.17) is 5.11 Å². The Morgan fingerprint density at radius 2 is 2.33 bits per heavy atom. The first-order chi connectivity index (χ1) is 8.58. The van der Waals surface area contributed by atoms with Crippen LogP contribution in [0.25, 0.3) is 6.08 Å². The lowest BCUT2D eigenvalue weighted by molar-refractivity contribution is -0.146. The maximum Gasteiger partial charge on any atom is 0.326 e. The largest absolute Gasteiger partial charge is 0.480 e. The second kappa shape index (κ2) is 5.67. The Labute approximate surface area is 117 Å². The van der Waals surface area contributed by atoms with E-state index in [1.54, 1.807) is 6.08 Å². The summed E-state index contributed by atoms with van der Waals surface area (Å²) in [6.07, 6.45) is 4.45.